The predicted octanol–water partition coefficient (Wildman–Crippen LogP) is 3.08. The van der Waals surface area contributed by atoms with Crippen molar-refractivity contribution >= 4 is 0 Å². The molecule has 2 spiro atoms. The van der Waals surface area contributed by atoms with Gasteiger partial charge in [0.15, 0.2) is 0 Å². The van der Waals surface area contributed by atoms with Crippen molar-refractivity contribution in [3.8, 4) is 0 Å². The SMILES string of the molecule is C=CCC1(O)C2C3CC4C2C(O)(CC=C)C25CC=CCC12C3C45. The largest absolute Gasteiger partial charge is 0.389 e. The highest BCUT2D eigenvalue weighted by Crippen LogP contribution is 2.98. The molecule has 23 heavy (non-hydrogen) atoms. The highest BCUT2D eigenvalue weighted by Gasteiger charge is 3.00. The molecule has 2 heteroatoms. The van der Waals surface area contributed by atoms with Crippen LogP contribution in [0.5, 0.6) is 0 Å². The Balaban J connectivity index is 1.69. The lowest BCUT2D eigenvalue weighted by atomic mass is 9.30. The molecule has 0 aliphatic heterocycles. The van der Waals surface area contributed by atoms with E-state index in [9.17, 15) is 10.2 Å². The third kappa shape index (κ3) is 0.856. The van der Waals surface area contributed by atoms with Crippen molar-refractivity contribution in [1.82, 2.24) is 0 Å². The van der Waals surface area contributed by atoms with Gasteiger partial charge in [-0.15, -0.1) is 13.2 Å². The van der Waals surface area contributed by atoms with Gasteiger partial charge in [-0.25, -0.2) is 0 Å². The molecule has 10 atom stereocenters. The monoisotopic (exact) mass is 310 g/mol. The van der Waals surface area contributed by atoms with Gasteiger partial charge in [0.05, 0.1) is 11.2 Å². The van der Waals surface area contributed by atoms with Crippen LogP contribution in [0.4, 0.5) is 0 Å². The van der Waals surface area contributed by atoms with Crippen LogP contribution in [-0.2, 0) is 0 Å². The van der Waals surface area contributed by atoms with Crippen LogP contribution in [0.25, 0.3) is 0 Å². The summed E-state index contributed by atoms with van der Waals surface area (Å²) in [5.74, 6) is 3.11. The van der Waals surface area contributed by atoms with Crippen molar-refractivity contribution in [2.75, 3.05) is 0 Å². The molecule has 0 aromatic heterocycles. The van der Waals surface area contributed by atoms with Crippen molar-refractivity contribution in [2.45, 2.75) is 43.3 Å². The zero-order valence-electron chi connectivity index (χ0n) is 13.6. The van der Waals surface area contributed by atoms with Gasteiger partial charge < -0.3 is 10.2 Å². The highest BCUT2D eigenvalue weighted by molar-refractivity contribution is 5.50. The second-order valence-electron chi connectivity index (χ2n) is 9.32. The Morgan fingerprint density at radius 1 is 0.826 bits per heavy atom. The van der Waals surface area contributed by atoms with Crippen molar-refractivity contribution in [1.29, 1.82) is 0 Å². The fourth-order valence-electron chi connectivity index (χ4n) is 10.1. The summed E-state index contributed by atoms with van der Waals surface area (Å²) in [5.41, 5.74) is -1.51. The molecule has 122 valence electrons. The Bertz CT molecular complexity index is 625. The summed E-state index contributed by atoms with van der Waals surface area (Å²) >= 11 is 0. The van der Waals surface area contributed by atoms with Gasteiger partial charge in [0.2, 0.25) is 0 Å². The van der Waals surface area contributed by atoms with Crippen LogP contribution in [0.1, 0.15) is 32.1 Å². The summed E-state index contributed by atoms with van der Waals surface area (Å²) < 4.78 is 0. The van der Waals surface area contributed by atoms with E-state index in [0.717, 1.165) is 12.8 Å². The van der Waals surface area contributed by atoms with E-state index >= 15 is 0 Å². The minimum absolute atomic E-state index is 0.109. The summed E-state index contributed by atoms with van der Waals surface area (Å²) in [5, 5.41) is 24.0. The van der Waals surface area contributed by atoms with Crippen molar-refractivity contribution < 1.29 is 10.2 Å². The Hall–Kier alpha value is -0.860. The van der Waals surface area contributed by atoms with E-state index in [0.29, 0.717) is 36.5 Å². The fourth-order valence-corrected chi connectivity index (χ4v) is 10.1. The van der Waals surface area contributed by atoms with Crippen LogP contribution in [-0.4, -0.2) is 21.4 Å². The first-order valence-electron chi connectivity index (χ1n) is 9.37. The predicted molar refractivity (Wildman–Crippen MR) is 88.3 cm³/mol. The summed E-state index contributed by atoms with van der Waals surface area (Å²) in [6.45, 7) is 7.92. The first-order valence-corrected chi connectivity index (χ1v) is 9.37. The maximum atomic E-state index is 12.0. The summed E-state index contributed by atoms with van der Waals surface area (Å²) in [6.07, 6.45) is 13.0. The molecule has 0 radical (unpaired) electrons. The number of fused-ring (bicyclic) bond motifs is 1. The number of allylic oxidation sites excluding steroid dienone is 2. The van der Waals surface area contributed by atoms with Crippen LogP contribution in [0.15, 0.2) is 37.5 Å². The Morgan fingerprint density at radius 3 is 1.65 bits per heavy atom. The van der Waals surface area contributed by atoms with Crippen LogP contribution < -0.4 is 0 Å². The van der Waals surface area contributed by atoms with Crippen molar-refractivity contribution in [2.24, 2.45) is 46.3 Å². The third-order valence-corrected chi connectivity index (χ3v) is 9.70. The molecule has 2 N–H and O–H groups in total. The molecule has 0 aromatic rings. The molecule has 6 aliphatic rings. The maximum Gasteiger partial charge on any atom is 0.0784 e. The quantitative estimate of drug-likeness (QED) is 0.784. The standard InChI is InChI=1S/C21H26O2/c1-3-7-20(22)16-12-11-13-15-14(12)18(20)9-5-6-10-19(15,18)21(23,8-4-2)17(13)16/h3-6,12-17,22-23H,1-2,7-11H2. The molecule has 0 heterocycles. The highest BCUT2D eigenvalue weighted by atomic mass is 16.3. The summed E-state index contributed by atoms with van der Waals surface area (Å²) in [6, 6.07) is 0. The van der Waals surface area contributed by atoms with Crippen molar-refractivity contribution in [3.63, 3.8) is 0 Å². The van der Waals surface area contributed by atoms with Gasteiger partial charge in [-0.3, -0.25) is 0 Å². The second kappa shape index (κ2) is 3.41. The maximum absolute atomic E-state index is 12.0. The lowest BCUT2D eigenvalue weighted by Gasteiger charge is -2.75. The van der Waals surface area contributed by atoms with Crippen LogP contribution in [0.3, 0.4) is 0 Å². The van der Waals surface area contributed by atoms with E-state index in [1.54, 1.807) is 0 Å². The van der Waals surface area contributed by atoms with E-state index in [1.807, 2.05) is 12.2 Å². The average Bonchev–Trinajstić information content (AvgIpc) is 3.06. The molecule has 0 saturated heterocycles. The van der Waals surface area contributed by atoms with Crippen molar-refractivity contribution in [3.05, 3.63) is 37.5 Å². The van der Waals surface area contributed by atoms with E-state index < -0.39 is 11.2 Å². The zero-order valence-corrected chi connectivity index (χ0v) is 13.6. The number of hydrogen-bond acceptors (Lipinski definition) is 2. The first kappa shape index (κ1) is 13.4. The van der Waals surface area contributed by atoms with Gasteiger partial charge in [-0.2, -0.15) is 0 Å². The van der Waals surface area contributed by atoms with Gasteiger partial charge in [-0.1, -0.05) is 24.3 Å². The summed E-state index contributed by atoms with van der Waals surface area (Å²) in [7, 11) is 0. The van der Waals surface area contributed by atoms with Crippen LogP contribution in [0.2, 0.25) is 0 Å². The van der Waals surface area contributed by atoms with E-state index in [-0.39, 0.29) is 22.7 Å². The minimum atomic E-state index is -0.644. The third-order valence-electron chi connectivity index (χ3n) is 9.70. The molecule has 2 bridgehead atoms. The van der Waals surface area contributed by atoms with Crippen LogP contribution in [0, 0.1) is 46.3 Å². The smallest absolute Gasteiger partial charge is 0.0784 e. The average molecular weight is 310 g/mol. The molecule has 6 aliphatic carbocycles. The molecule has 5 fully saturated rings. The fraction of sp³-hybridized carbons (Fsp3) is 0.714. The molecule has 0 amide bonds. The Morgan fingerprint density at radius 2 is 1.26 bits per heavy atom. The lowest BCUT2D eigenvalue weighted by molar-refractivity contribution is -0.335. The topological polar surface area (TPSA) is 40.5 Å². The number of rotatable bonds is 4. The zero-order chi connectivity index (χ0) is 15.8. The molecular weight excluding hydrogens is 284 g/mol. The molecular formula is C21H26O2. The van der Waals surface area contributed by atoms with Crippen LogP contribution >= 0.6 is 0 Å². The number of hydrogen-bond donors (Lipinski definition) is 2. The summed E-state index contributed by atoms with van der Waals surface area (Å²) in [4.78, 5) is 0. The number of aliphatic hydroxyl groups is 2. The van der Waals surface area contributed by atoms with Gasteiger partial charge >= 0.3 is 0 Å². The lowest BCUT2D eigenvalue weighted by Crippen LogP contribution is -2.78. The molecule has 6 rings (SSSR count). The van der Waals surface area contributed by atoms with Gasteiger partial charge in [0.25, 0.3) is 0 Å². The molecule has 0 aromatic carbocycles. The molecule has 10 unspecified atom stereocenters. The second-order valence-corrected chi connectivity index (χ2v) is 9.32. The Labute approximate surface area is 138 Å². The van der Waals surface area contributed by atoms with Gasteiger partial charge in [-0.05, 0) is 67.6 Å². The van der Waals surface area contributed by atoms with Gasteiger partial charge in [0, 0.05) is 10.8 Å². The Kier molecular flexibility index (Phi) is 1.99. The normalized spacial score (nSPS) is 68.3. The molecule has 2 nitrogen and oxygen atoms in total. The minimum Gasteiger partial charge on any atom is -0.389 e. The molecule has 5 saturated carbocycles. The van der Waals surface area contributed by atoms with E-state index in [4.69, 9.17) is 0 Å². The van der Waals surface area contributed by atoms with E-state index in [1.165, 1.54) is 6.42 Å². The van der Waals surface area contributed by atoms with Gasteiger partial charge in [0.1, 0.15) is 0 Å². The van der Waals surface area contributed by atoms with E-state index in [2.05, 4.69) is 25.3 Å². The first-order chi connectivity index (χ1) is 11.0.